The number of aliphatic hydroxyl groups excluding tert-OH is 1. The van der Waals surface area contributed by atoms with Crippen molar-refractivity contribution in [3.63, 3.8) is 0 Å². The molecule has 0 heterocycles. The average Bonchev–Trinajstić information content (AvgIpc) is 2.26. The van der Waals surface area contributed by atoms with Gasteiger partial charge in [0.05, 0.1) is 6.10 Å². The lowest BCUT2D eigenvalue weighted by Gasteiger charge is -2.21. The van der Waals surface area contributed by atoms with Gasteiger partial charge in [0.1, 0.15) is 5.75 Å². The van der Waals surface area contributed by atoms with E-state index in [1.807, 2.05) is 6.07 Å². The maximum absolute atomic E-state index is 9.63. The first-order chi connectivity index (χ1) is 7.72. The van der Waals surface area contributed by atoms with Crippen molar-refractivity contribution in [3.05, 3.63) is 41.5 Å². The van der Waals surface area contributed by atoms with Gasteiger partial charge in [-0.25, -0.2) is 0 Å². The third-order valence-corrected chi connectivity index (χ3v) is 3.34. The second-order valence-electron chi connectivity index (χ2n) is 4.55. The summed E-state index contributed by atoms with van der Waals surface area (Å²) in [4.78, 5) is 0. The van der Waals surface area contributed by atoms with E-state index in [0.29, 0.717) is 5.75 Å². The van der Waals surface area contributed by atoms with Crippen molar-refractivity contribution < 1.29 is 10.2 Å². The van der Waals surface area contributed by atoms with Gasteiger partial charge in [0.15, 0.2) is 0 Å². The van der Waals surface area contributed by atoms with Gasteiger partial charge >= 0.3 is 0 Å². The van der Waals surface area contributed by atoms with Crippen LogP contribution in [-0.4, -0.2) is 16.3 Å². The first-order valence-electron chi connectivity index (χ1n) is 5.65. The summed E-state index contributed by atoms with van der Waals surface area (Å²) in [6.07, 6.45) is 2.34. The van der Waals surface area contributed by atoms with Crippen LogP contribution < -0.4 is 0 Å². The number of rotatable bonds is 0. The number of phenolic OH excluding ortho intramolecular Hbond substituents is 1. The van der Waals surface area contributed by atoms with Crippen molar-refractivity contribution in [2.45, 2.75) is 25.4 Å². The summed E-state index contributed by atoms with van der Waals surface area (Å²) in [5.74, 6) is 0.295. The van der Waals surface area contributed by atoms with Gasteiger partial charge < -0.3 is 10.2 Å². The summed E-state index contributed by atoms with van der Waals surface area (Å²) >= 11 is 0. The van der Waals surface area contributed by atoms with Crippen LogP contribution in [-0.2, 0) is 12.8 Å². The highest BCUT2D eigenvalue weighted by molar-refractivity contribution is 5.85. The van der Waals surface area contributed by atoms with Gasteiger partial charge in [0.25, 0.3) is 0 Å². The molecule has 0 spiro atoms. The minimum atomic E-state index is -0.206. The van der Waals surface area contributed by atoms with Crippen LogP contribution in [0.1, 0.15) is 17.5 Å². The van der Waals surface area contributed by atoms with Crippen molar-refractivity contribution in [3.8, 4) is 5.75 Å². The molecule has 2 N–H and O–H groups in total. The standard InChI is InChI=1S/C14H14O2/c15-13-3-1-9-5-10-2-4-14(16)8-12(10)6-11(9)7-13/h1,3,5-7,14-16H,2,4,8H2. The Morgan fingerprint density at radius 3 is 2.69 bits per heavy atom. The molecule has 1 aliphatic rings. The highest BCUT2D eigenvalue weighted by Gasteiger charge is 2.16. The van der Waals surface area contributed by atoms with Crippen LogP contribution in [0, 0.1) is 0 Å². The Kier molecular flexibility index (Phi) is 2.11. The summed E-state index contributed by atoms with van der Waals surface area (Å²) in [5, 5.41) is 21.3. The molecule has 1 unspecified atom stereocenters. The zero-order chi connectivity index (χ0) is 11.1. The van der Waals surface area contributed by atoms with E-state index in [1.54, 1.807) is 12.1 Å². The third kappa shape index (κ3) is 1.55. The maximum Gasteiger partial charge on any atom is 0.116 e. The summed E-state index contributed by atoms with van der Waals surface area (Å²) < 4.78 is 0. The molecular formula is C14H14O2. The summed E-state index contributed by atoms with van der Waals surface area (Å²) in [6, 6.07) is 9.70. The minimum absolute atomic E-state index is 0.206. The van der Waals surface area contributed by atoms with Gasteiger partial charge in [-0.1, -0.05) is 18.2 Å². The molecule has 2 heteroatoms. The molecule has 0 fully saturated rings. The molecule has 0 saturated heterocycles. The molecular weight excluding hydrogens is 200 g/mol. The molecule has 0 aromatic heterocycles. The van der Waals surface area contributed by atoms with E-state index in [1.165, 1.54) is 11.1 Å². The third-order valence-electron chi connectivity index (χ3n) is 3.34. The van der Waals surface area contributed by atoms with Gasteiger partial charge in [-0.05, 0) is 53.3 Å². The molecule has 0 aliphatic heterocycles. The zero-order valence-electron chi connectivity index (χ0n) is 8.98. The largest absolute Gasteiger partial charge is 0.508 e. The lowest BCUT2D eigenvalue weighted by atomic mass is 9.88. The Morgan fingerprint density at radius 2 is 1.81 bits per heavy atom. The Labute approximate surface area is 94.2 Å². The van der Waals surface area contributed by atoms with Crippen molar-refractivity contribution >= 4 is 10.8 Å². The lowest BCUT2D eigenvalue weighted by Crippen LogP contribution is -2.18. The van der Waals surface area contributed by atoms with Crippen LogP contribution in [0.2, 0.25) is 0 Å². The summed E-state index contributed by atoms with van der Waals surface area (Å²) in [7, 11) is 0. The molecule has 0 bridgehead atoms. The highest BCUT2D eigenvalue weighted by atomic mass is 16.3. The molecule has 0 amide bonds. The molecule has 0 saturated carbocycles. The van der Waals surface area contributed by atoms with E-state index in [2.05, 4.69) is 12.1 Å². The number of fused-ring (bicyclic) bond motifs is 2. The SMILES string of the molecule is Oc1ccc2cc3c(cc2c1)CC(O)CC3. The van der Waals surface area contributed by atoms with Crippen LogP contribution in [0.15, 0.2) is 30.3 Å². The Balaban J connectivity index is 2.20. The van der Waals surface area contributed by atoms with E-state index in [0.717, 1.165) is 30.0 Å². The zero-order valence-corrected chi connectivity index (χ0v) is 8.98. The second kappa shape index (κ2) is 3.49. The fourth-order valence-corrected chi connectivity index (χ4v) is 2.48. The molecule has 2 aromatic carbocycles. The van der Waals surface area contributed by atoms with E-state index < -0.39 is 0 Å². The van der Waals surface area contributed by atoms with Gasteiger partial charge in [0, 0.05) is 0 Å². The maximum atomic E-state index is 9.63. The fourth-order valence-electron chi connectivity index (χ4n) is 2.48. The number of hydrogen-bond donors (Lipinski definition) is 2. The van der Waals surface area contributed by atoms with E-state index in [9.17, 15) is 10.2 Å². The van der Waals surface area contributed by atoms with E-state index >= 15 is 0 Å². The molecule has 1 aliphatic carbocycles. The van der Waals surface area contributed by atoms with Crippen LogP contribution in [0.25, 0.3) is 10.8 Å². The van der Waals surface area contributed by atoms with Gasteiger partial charge in [0.2, 0.25) is 0 Å². The Bertz CT molecular complexity index is 546. The molecule has 2 aromatic rings. The van der Waals surface area contributed by atoms with Crippen molar-refractivity contribution in [2.75, 3.05) is 0 Å². The minimum Gasteiger partial charge on any atom is -0.508 e. The van der Waals surface area contributed by atoms with E-state index in [4.69, 9.17) is 0 Å². The average molecular weight is 214 g/mol. The van der Waals surface area contributed by atoms with Gasteiger partial charge in [-0.2, -0.15) is 0 Å². The van der Waals surface area contributed by atoms with Crippen LogP contribution in [0.3, 0.4) is 0 Å². The summed E-state index contributed by atoms with van der Waals surface area (Å²) in [6.45, 7) is 0. The molecule has 1 atom stereocenters. The molecule has 0 radical (unpaired) electrons. The molecule has 2 nitrogen and oxygen atoms in total. The predicted molar refractivity (Wildman–Crippen MR) is 63.6 cm³/mol. The van der Waals surface area contributed by atoms with Gasteiger partial charge in [-0.3, -0.25) is 0 Å². The van der Waals surface area contributed by atoms with Crippen molar-refractivity contribution in [1.82, 2.24) is 0 Å². The number of aromatic hydroxyl groups is 1. The fraction of sp³-hybridized carbons (Fsp3) is 0.286. The van der Waals surface area contributed by atoms with E-state index in [-0.39, 0.29) is 6.10 Å². The van der Waals surface area contributed by atoms with Crippen molar-refractivity contribution in [1.29, 1.82) is 0 Å². The molecule has 16 heavy (non-hydrogen) atoms. The number of benzene rings is 2. The number of phenols is 1. The Morgan fingerprint density at radius 1 is 1.00 bits per heavy atom. The summed E-state index contributed by atoms with van der Waals surface area (Å²) in [5.41, 5.74) is 2.56. The van der Waals surface area contributed by atoms with Crippen LogP contribution in [0.5, 0.6) is 5.75 Å². The number of aliphatic hydroxyl groups is 1. The predicted octanol–water partition coefficient (Wildman–Crippen LogP) is 2.40. The van der Waals surface area contributed by atoms with Crippen LogP contribution >= 0.6 is 0 Å². The second-order valence-corrected chi connectivity index (χ2v) is 4.55. The lowest BCUT2D eigenvalue weighted by molar-refractivity contribution is 0.158. The van der Waals surface area contributed by atoms with Crippen LogP contribution in [0.4, 0.5) is 0 Å². The molecule has 3 rings (SSSR count). The Hall–Kier alpha value is -1.54. The number of hydrogen-bond acceptors (Lipinski definition) is 2. The highest BCUT2D eigenvalue weighted by Crippen LogP contribution is 2.28. The molecule has 82 valence electrons. The smallest absolute Gasteiger partial charge is 0.116 e. The first-order valence-corrected chi connectivity index (χ1v) is 5.65. The first kappa shape index (κ1) is 9.67. The van der Waals surface area contributed by atoms with Crippen molar-refractivity contribution in [2.24, 2.45) is 0 Å². The number of aryl methyl sites for hydroxylation is 1. The normalized spacial score (nSPS) is 19.7. The topological polar surface area (TPSA) is 40.5 Å². The monoisotopic (exact) mass is 214 g/mol. The van der Waals surface area contributed by atoms with Gasteiger partial charge in [-0.15, -0.1) is 0 Å². The quantitative estimate of drug-likeness (QED) is 0.707.